The summed E-state index contributed by atoms with van der Waals surface area (Å²) in [5.74, 6) is -0.214. The van der Waals surface area contributed by atoms with Gasteiger partial charge < -0.3 is 0 Å². The number of fused-ring (bicyclic) bond motifs is 2. The van der Waals surface area contributed by atoms with Crippen molar-refractivity contribution >= 4 is 29.0 Å². The number of nitrogens with zero attached hydrogens (tertiary/aromatic N) is 8. The van der Waals surface area contributed by atoms with Crippen molar-refractivity contribution in [1.82, 2.24) is 34.9 Å². The molecule has 12 heteroatoms. The molecule has 2 amide bonds. The SMILES string of the molecule is CC(c1nnc2c(N=Nc3n[nH]c(C(C)(C)C)c3C#N)c(C(C)(C)C)[nH]n12)N1C(=O)c2ccccc2C1=O. The van der Waals surface area contributed by atoms with Gasteiger partial charge in [-0.3, -0.25) is 24.7 Å². The van der Waals surface area contributed by atoms with Crippen molar-refractivity contribution in [3.8, 4) is 6.07 Å². The van der Waals surface area contributed by atoms with Crippen LogP contribution in [0.25, 0.3) is 5.65 Å². The lowest BCUT2D eigenvalue weighted by molar-refractivity contribution is 0.0587. The van der Waals surface area contributed by atoms with Crippen LogP contribution in [0.3, 0.4) is 0 Å². The van der Waals surface area contributed by atoms with Gasteiger partial charge in [0.05, 0.1) is 28.6 Å². The number of carbonyl (C=O) groups excluding carboxylic acids is 2. The van der Waals surface area contributed by atoms with Crippen LogP contribution in [0, 0.1) is 11.3 Å². The van der Waals surface area contributed by atoms with Gasteiger partial charge in [-0.05, 0) is 19.1 Å². The molecule has 0 radical (unpaired) electrons. The summed E-state index contributed by atoms with van der Waals surface area (Å²) >= 11 is 0. The third-order valence-electron chi connectivity index (χ3n) is 6.55. The molecule has 3 aromatic heterocycles. The van der Waals surface area contributed by atoms with Crippen LogP contribution in [-0.4, -0.2) is 46.7 Å². The van der Waals surface area contributed by atoms with Gasteiger partial charge in [-0.1, -0.05) is 53.7 Å². The monoisotopic (exact) mass is 512 g/mol. The topological polar surface area (TPSA) is 161 Å². The van der Waals surface area contributed by atoms with E-state index in [2.05, 4.69) is 41.8 Å². The van der Waals surface area contributed by atoms with Gasteiger partial charge in [0.2, 0.25) is 11.5 Å². The zero-order chi connectivity index (χ0) is 27.6. The molecule has 1 aliphatic heterocycles. The summed E-state index contributed by atoms with van der Waals surface area (Å²) in [7, 11) is 0. The van der Waals surface area contributed by atoms with Crippen LogP contribution in [0.15, 0.2) is 34.5 Å². The molecule has 0 bridgehead atoms. The van der Waals surface area contributed by atoms with Gasteiger partial charge >= 0.3 is 0 Å². The summed E-state index contributed by atoms with van der Waals surface area (Å²) in [6.07, 6.45) is 0. The summed E-state index contributed by atoms with van der Waals surface area (Å²) in [4.78, 5) is 27.3. The Kier molecular flexibility index (Phi) is 5.56. The van der Waals surface area contributed by atoms with Crippen molar-refractivity contribution in [1.29, 1.82) is 5.26 Å². The Morgan fingerprint density at radius 1 is 0.947 bits per heavy atom. The minimum atomic E-state index is -0.709. The molecular formula is C26H28N10O2. The smallest absolute Gasteiger partial charge is 0.262 e. The summed E-state index contributed by atoms with van der Waals surface area (Å²) in [6, 6.07) is 8.20. The van der Waals surface area contributed by atoms with E-state index in [4.69, 9.17) is 0 Å². The Bertz CT molecular complexity index is 1630. The van der Waals surface area contributed by atoms with E-state index in [1.807, 2.05) is 41.5 Å². The molecule has 0 fully saturated rings. The van der Waals surface area contributed by atoms with E-state index in [1.165, 1.54) is 4.90 Å². The van der Waals surface area contributed by atoms with E-state index >= 15 is 0 Å². The summed E-state index contributed by atoms with van der Waals surface area (Å²) in [6.45, 7) is 13.7. The van der Waals surface area contributed by atoms with E-state index in [-0.39, 0.29) is 23.0 Å². The highest BCUT2D eigenvalue weighted by Gasteiger charge is 2.41. The Morgan fingerprint density at radius 2 is 1.55 bits per heavy atom. The number of imide groups is 1. The predicted octanol–water partition coefficient (Wildman–Crippen LogP) is 5.02. The van der Waals surface area contributed by atoms with E-state index < -0.39 is 11.5 Å². The second kappa shape index (κ2) is 8.44. The second-order valence-corrected chi connectivity index (χ2v) is 11.4. The maximum atomic E-state index is 13.1. The van der Waals surface area contributed by atoms with Crippen LogP contribution in [0.5, 0.6) is 0 Å². The first-order chi connectivity index (χ1) is 17.8. The van der Waals surface area contributed by atoms with Crippen LogP contribution in [0.1, 0.15) is 98.0 Å². The molecule has 0 aliphatic carbocycles. The zero-order valence-corrected chi connectivity index (χ0v) is 22.3. The average Bonchev–Trinajstić information content (AvgIpc) is 3.59. The third-order valence-corrected chi connectivity index (χ3v) is 6.55. The first-order valence-corrected chi connectivity index (χ1v) is 12.2. The van der Waals surface area contributed by atoms with Gasteiger partial charge in [-0.2, -0.15) is 10.4 Å². The Balaban J connectivity index is 1.58. The van der Waals surface area contributed by atoms with Crippen molar-refractivity contribution in [3.63, 3.8) is 0 Å². The number of nitrogens with one attached hydrogen (secondary N) is 2. The molecule has 194 valence electrons. The number of H-pyrrole nitrogens is 2. The first-order valence-electron chi connectivity index (χ1n) is 12.2. The van der Waals surface area contributed by atoms with E-state index in [9.17, 15) is 14.9 Å². The zero-order valence-electron chi connectivity index (χ0n) is 22.3. The van der Waals surface area contributed by atoms with Gasteiger partial charge in [-0.15, -0.1) is 20.4 Å². The number of aromatic amines is 2. The lowest BCUT2D eigenvalue weighted by Gasteiger charge is -2.21. The number of hydrogen-bond acceptors (Lipinski definition) is 8. The molecule has 0 saturated heterocycles. The minimum absolute atomic E-state index is 0.177. The number of hydrogen-bond donors (Lipinski definition) is 2. The molecule has 0 saturated carbocycles. The quantitative estimate of drug-likeness (QED) is 0.288. The van der Waals surface area contributed by atoms with E-state index in [0.717, 1.165) is 0 Å². The van der Waals surface area contributed by atoms with Crippen LogP contribution < -0.4 is 0 Å². The lowest BCUT2D eigenvalue weighted by Crippen LogP contribution is -2.33. The normalized spacial score (nSPS) is 15.1. The van der Waals surface area contributed by atoms with Crippen LogP contribution in [-0.2, 0) is 10.8 Å². The molecule has 1 unspecified atom stereocenters. The van der Waals surface area contributed by atoms with Crippen molar-refractivity contribution in [2.45, 2.75) is 65.3 Å². The molecule has 4 aromatic rings. The van der Waals surface area contributed by atoms with Gasteiger partial charge in [0.15, 0.2) is 11.5 Å². The number of benzene rings is 1. The number of azo groups is 1. The summed E-state index contributed by atoms with van der Waals surface area (Å²) in [5.41, 5.74) is 2.52. The van der Waals surface area contributed by atoms with E-state index in [1.54, 1.807) is 35.7 Å². The Labute approximate surface area is 218 Å². The fourth-order valence-electron chi connectivity index (χ4n) is 4.55. The molecule has 1 aromatic carbocycles. The van der Waals surface area contributed by atoms with Crippen LogP contribution in [0.4, 0.5) is 11.5 Å². The number of nitriles is 1. The maximum Gasteiger partial charge on any atom is 0.262 e. The van der Waals surface area contributed by atoms with Crippen molar-refractivity contribution < 1.29 is 9.59 Å². The predicted molar refractivity (Wildman–Crippen MR) is 138 cm³/mol. The van der Waals surface area contributed by atoms with Gasteiger partial charge in [0.25, 0.3) is 11.8 Å². The summed E-state index contributed by atoms with van der Waals surface area (Å²) in [5, 5.41) is 37.5. The standard InChI is InChI=1S/C26H28N10O2/c1-13(35-23(37)14-10-8-9-11-15(14)24(35)38)21-32-33-22-17(19(26(5,6)7)34-36(21)22)28-30-20-16(12-27)18(29-31-20)25(2,3)4/h8-11,13,34H,1-7H3,(H,29,31). The van der Waals surface area contributed by atoms with Crippen LogP contribution in [0.2, 0.25) is 0 Å². The number of rotatable bonds is 4. The molecule has 5 rings (SSSR count). The molecule has 38 heavy (non-hydrogen) atoms. The fourth-order valence-corrected chi connectivity index (χ4v) is 4.55. The number of aromatic nitrogens is 6. The summed E-state index contributed by atoms with van der Waals surface area (Å²) < 4.78 is 1.62. The van der Waals surface area contributed by atoms with Gasteiger partial charge in [0.1, 0.15) is 11.6 Å². The molecule has 12 nitrogen and oxygen atoms in total. The second-order valence-electron chi connectivity index (χ2n) is 11.4. The molecule has 4 heterocycles. The lowest BCUT2D eigenvalue weighted by atomic mass is 9.90. The van der Waals surface area contributed by atoms with Gasteiger partial charge in [0, 0.05) is 10.8 Å². The highest BCUT2D eigenvalue weighted by molar-refractivity contribution is 6.21. The fraction of sp³-hybridized carbons (Fsp3) is 0.385. The van der Waals surface area contributed by atoms with Crippen molar-refractivity contribution in [2.75, 3.05) is 0 Å². The molecule has 1 atom stereocenters. The molecule has 0 spiro atoms. The molecular weight excluding hydrogens is 484 g/mol. The number of amides is 2. The third kappa shape index (κ3) is 3.78. The first kappa shape index (κ1) is 25.0. The molecule has 1 aliphatic rings. The van der Waals surface area contributed by atoms with Crippen molar-refractivity contribution in [2.24, 2.45) is 10.2 Å². The highest BCUT2D eigenvalue weighted by atomic mass is 16.2. The minimum Gasteiger partial charge on any atom is -0.292 e. The van der Waals surface area contributed by atoms with Gasteiger partial charge in [-0.25, -0.2) is 4.52 Å². The average molecular weight is 513 g/mol. The largest absolute Gasteiger partial charge is 0.292 e. The Hall–Kier alpha value is -4.66. The van der Waals surface area contributed by atoms with E-state index in [0.29, 0.717) is 45.2 Å². The van der Waals surface area contributed by atoms with Crippen molar-refractivity contribution in [3.05, 3.63) is 58.2 Å². The Morgan fingerprint density at radius 3 is 2.11 bits per heavy atom. The van der Waals surface area contributed by atoms with Crippen LogP contribution >= 0.6 is 0 Å². The highest BCUT2D eigenvalue weighted by Crippen LogP contribution is 2.38. The maximum absolute atomic E-state index is 13.1. The molecule has 2 N–H and O–H groups in total. The number of carbonyl (C=O) groups is 2.